The number of benzene rings is 1. The molecule has 1 rings (SSSR count). The van der Waals surface area contributed by atoms with E-state index in [1.165, 1.54) is 0 Å². The summed E-state index contributed by atoms with van der Waals surface area (Å²) in [4.78, 5) is 19.4. The summed E-state index contributed by atoms with van der Waals surface area (Å²) in [6.07, 6.45) is 7.50. The number of urea groups is 1. The zero-order valence-corrected chi connectivity index (χ0v) is 24.9. The average Bonchev–Trinajstić information content (AvgIpc) is 2.86. The Labute approximate surface area is 231 Å². The fourth-order valence-corrected chi connectivity index (χ4v) is 3.07. The van der Waals surface area contributed by atoms with E-state index in [2.05, 4.69) is 95.7 Å². The van der Waals surface area contributed by atoms with E-state index in [-0.39, 0.29) is 22.4 Å². The standard InChI is InChI=1S/C29H45N5O.C2H6.3H2/c1-11-26(16-22(7)20(3)4)32-29(35)33-27-15-13-14-25(17-27)24(9)31-23(8)18-30-28(21(5)6)19-34(10)12-2;1-2;;;/h11,13-21,23-24,31H,1,7,12H2,2-6,8-10H3,(H2,32,33,35);1-2H3;3*1H/b26-16+,28-19+,30-18?;;;;/t23?,24-;;;;/m0..../s1. The van der Waals surface area contributed by atoms with Gasteiger partial charge < -0.3 is 20.9 Å². The summed E-state index contributed by atoms with van der Waals surface area (Å²) < 4.78 is 0. The number of nitrogens with one attached hydrogen (secondary N) is 3. The average molecular weight is 516 g/mol. The van der Waals surface area contributed by atoms with E-state index in [0.717, 1.165) is 23.4 Å². The highest BCUT2D eigenvalue weighted by molar-refractivity contribution is 5.90. The van der Waals surface area contributed by atoms with Crippen molar-refractivity contribution >= 4 is 17.9 Å². The molecule has 0 saturated carbocycles. The summed E-state index contributed by atoms with van der Waals surface area (Å²) in [7, 11) is 2.06. The van der Waals surface area contributed by atoms with E-state index in [0.29, 0.717) is 23.2 Å². The van der Waals surface area contributed by atoms with Crippen molar-refractivity contribution < 1.29 is 9.07 Å². The molecule has 0 aromatic heterocycles. The number of hydrogen-bond donors (Lipinski definition) is 3. The van der Waals surface area contributed by atoms with Crippen LogP contribution in [0.5, 0.6) is 0 Å². The maximum Gasteiger partial charge on any atom is 0.323 e. The molecule has 0 spiro atoms. The van der Waals surface area contributed by atoms with Crippen LogP contribution < -0.4 is 16.0 Å². The Morgan fingerprint density at radius 3 is 2.32 bits per heavy atom. The second-order valence-electron chi connectivity index (χ2n) is 9.48. The predicted molar refractivity (Wildman–Crippen MR) is 169 cm³/mol. The van der Waals surface area contributed by atoms with Gasteiger partial charge in [-0.3, -0.25) is 4.99 Å². The number of hydrogen-bond acceptors (Lipinski definition) is 4. The van der Waals surface area contributed by atoms with Crippen LogP contribution in [-0.4, -0.2) is 36.8 Å². The molecule has 1 aromatic carbocycles. The zero-order chi connectivity index (χ0) is 28.5. The highest BCUT2D eigenvalue weighted by atomic mass is 16.2. The lowest BCUT2D eigenvalue weighted by Crippen LogP contribution is -2.30. The van der Waals surface area contributed by atoms with E-state index < -0.39 is 0 Å². The van der Waals surface area contributed by atoms with E-state index in [1.54, 1.807) is 6.08 Å². The topological polar surface area (TPSA) is 68.8 Å². The number of carbonyl (C=O) groups is 1. The van der Waals surface area contributed by atoms with Gasteiger partial charge in [0.25, 0.3) is 0 Å². The first-order valence-corrected chi connectivity index (χ1v) is 13.4. The minimum atomic E-state index is -0.323. The molecule has 1 aromatic rings. The fraction of sp³-hybridized carbons (Fsp3) is 0.484. The van der Waals surface area contributed by atoms with Crippen molar-refractivity contribution in [1.82, 2.24) is 15.5 Å². The molecule has 0 aliphatic carbocycles. The molecular weight excluding hydrogens is 458 g/mol. The Hall–Kier alpha value is -3.12. The van der Waals surface area contributed by atoms with Gasteiger partial charge in [0.15, 0.2) is 0 Å². The maximum atomic E-state index is 12.5. The normalized spacial score (nSPS) is 13.6. The van der Waals surface area contributed by atoms with Crippen molar-refractivity contribution in [3.8, 4) is 0 Å². The molecule has 37 heavy (non-hydrogen) atoms. The number of amides is 2. The quantitative estimate of drug-likeness (QED) is 0.182. The molecule has 0 aliphatic heterocycles. The highest BCUT2D eigenvalue weighted by Crippen LogP contribution is 2.18. The van der Waals surface area contributed by atoms with E-state index in [9.17, 15) is 4.79 Å². The second kappa shape index (κ2) is 18.2. The van der Waals surface area contributed by atoms with Crippen LogP contribution in [0.15, 0.2) is 77.7 Å². The van der Waals surface area contributed by atoms with Gasteiger partial charge in [0.1, 0.15) is 0 Å². The van der Waals surface area contributed by atoms with Crippen LogP contribution in [0.1, 0.15) is 78.2 Å². The third kappa shape index (κ3) is 13.7. The molecule has 212 valence electrons. The first-order valence-electron chi connectivity index (χ1n) is 13.4. The zero-order valence-electron chi connectivity index (χ0n) is 24.9. The molecule has 2 atom stereocenters. The SMILES string of the molecule is C=C/C(=C\C(=C)C(C)C)NC(=O)Nc1cccc([C@H](C)NC(C)C=N/C(=C/N(C)CC)C(C)C)c1.CC.[HH].[HH].[HH]. The molecule has 3 N–H and O–H groups in total. The van der Waals surface area contributed by atoms with Crippen LogP contribution in [0.2, 0.25) is 0 Å². The van der Waals surface area contributed by atoms with Crippen molar-refractivity contribution in [2.24, 2.45) is 16.8 Å². The molecule has 0 bridgehead atoms. The van der Waals surface area contributed by atoms with E-state index >= 15 is 0 Å². The molecule has 6 heteroatoms. The van der Waals surface area contributed by atoms with Crippen molar-refractivity contribution in [3.63, 3.8) is 0 Å². The van der Waals surface area contributed by atoms with Crippen LogP contribution >= 0.6 is 0 Å². The lowest BCUT2D eigenvalue weighted by Gasteiger charge is -2.19. The van der Waals surface area contributed by atoms with Gasteiger partial charge in [-0.2, -0.15) is 0 Å². The molecule has 0 radical (unpaired) electrons. The third-order valence-electron chi connectivity index (χ3n) is 5.61. The van der Waals surface area contributed by atoms with Gasteiger partial charge in [0.05, 0.1) is 5.70 Å². The minimum Gasteiger partial charge on any atom is -0.379 e. The largest absolute Gasteiger partial charge is 0.379 e. The number of nitrogens with zero attached hydrogens (tertiary/aromatic N) is 2. The van der Waals surface area contributed by atoms with Gasteiger partial charge in [0, 0.05) is 53.8 Å². The number of allylic oxidation sites excluding steroid dienone is 4. The molecular formula is C31H57N5O. The molecule has 1 unspecified atom stereocenters. The van der Waals surface area contributed by atoms with Gasteiger partial charge in [-0.15, -0.1) is 0 Å². The van der Waals surface area contributed by atoms with Gasteiger partial charge in [-0.1, -0.05) is 72.4 Å². The highest BCUT2D eigenvalue weighted by Gasteiger charge is 2.11. The maximum absolute atomic E-state index is 12.5. The lowest BCUT2D eigenvalue weighted by molar-refractivity contribution is 0.254. The third-order valence-corrected chi connectivity index (χ3v) is 5.61. The number of aliphatic imine (C=N–C) groups is 1. The Bertz CT molecular complexity index is 958. The summed E-state index contributed by atoms with van der Waals surface area (Å²) in [6, 6.07) is 7.65. The molecule has 6 nitrogen and oxygen atoms in total. The van der Waals surface area contributed by atoms with Gasteiger partial charge in [-0.05, 0) is 62.5 Å². The van der Waals surface area contributed by atoms with Gasteiger partial charge >= 0.3 is 6.03 Å². The summed E-state index contributed by atoms with van der Waals surface area (Å²) in [5.74, 6) is 0.636. The minimum absolute atomic E-state index is 0. The molecule has 2 amide bonds. The number of anilines is 1. The van der Waals surface area contributed by atoms with Gasteiger partial charge in [-0.25, -0.2) is 4.79 Å². The Kier molecular flexibility index (Phi) is 16.6. The molecule has 0 fully saturated rings. The van der Waals surface area contributed by atoms with Crippen LogP contribution in [0.25, 0.3) is 0 Å². The molecule has 0 aliphatic rings. The molecule has 0 saturated heterocycles. The van der Waals surface area contributed by atoms with Crippen molar-refractivity contribution in [2.75, 3.05) is 18.9 Å². The van der Waals surface area contributed by atoms with E-state index in [4.69, 9.17) is 4.99 Å². The smallest absolute Gasteiger partial charge is 0.323 e. The summed E-state index contributed by atoms with van der Waals surface area (Å²) in [6.45, 7) is 27.5. The number of carbonyl (C=O) groups excluding carboxylic acids is 1. The van der Waals surface area contributed by atoms with Crippen molar-refractivity contribution in [1.29, 1.82) is 0 Å². The Balaban J connectivity index is -0.00000126. The first-order chi connectivity index (χ1) is 17.5. The Morgan fingerprint density at radius 1 is 1.14 bits per heavy atom. The summed E-state index contributed by atoms with van der Waals surface area (Å²) >= 11 is 0. The van der Waals surface area contributed by atoms with Crippen LogP contribution in [0.3, 0.4) is 0 Å². The van der Waals surface area contributed by atoms with E-state index in [1.807, 2.05) is 50.4 Å². The van der Waals surface area contributed by atoms with Crippen molar-refractivity contribution in [2.45, 2.75) is 74.4 Å². The Morgan fingerprint density at radius 2 is 1.78 bits per heavy atom. The van der Waals surface area contributed by atoms with Crippen LogP contribution in [0.4, 0.5) is 10.5 Å². The summed E-state index contributed by atoms with van der Waals surface area (Å²) in [5.41, 5.74) is 4.38. The fourth-order valence-electron chi connectivity index (χ4n) is 3.07. The summed E-state index contributed by atoms with van der Waals surface area (Å²) in [5, 5.41) is 9.29. The lowest BCUT2D eigenvalue weighted by atomic mass is 10.0. The monoisotopic (exact) mass is 515 g/mol. The van der Waals surface area contributed by atoms with Crippen molar-refractivity contribution in [3.05, 3.63) is 78.3 Å². The first kappa shape index (κ1) is 33.9. The van der Waals surface area contributed by atoms with Crippen LogP contribution in [-0.2, 0) is 0 Å². The van der Waals surface area contributed by atoms with Gasteiger partial charge in [0.2, 0.25) is 0 Å². The predicted octanol–water partition coefficient (Wildman–Crippen LogP) is 8.41. The van der Waals surface area contributed by atoms with Crippen LogP contribution in [0, 0.1) is 11.8 Å². The molecule has 0 heterocycles. The second-order valence-corrected chi connectivity index (χ2v) is 9.48. The number of rotatable bonds is 13.